The molecule has 0 bridgehead atoms. The first-order chi connectivity index (χ1) is 12.7. The number of nitrogens with one attached hydrogen (secondary N) is 1. The summed E-state index contributed by atoms with van der Waals surface area (Å²) in [6, 6.07) is 14.1. The Morgan fingerprint density at radius 2 is 1.96 bits per heavy atom. The molecular formula is C20H23N5O. The van der Waals surface area contributed by atoms with Crippen molar-refractivity contribution < 1.29 is 4.74 Å². The highest BCUT2D eigenvalue weighted by Crippen LogP contribution is 2.47. The van der Waals surface area contributed by atoms with Crippen LogP contribution in [0.3, 0.4) is 0 Å². The van der Waals surface area contributed by atoms with Crippen LogP contribution in [-0.4, -0.2) is 33.6 Å². The maximum absolute atomic E-state index is 5.58. The Hall–Kier alpha value is -2.89. The third-order valence-electron chi connectivity index (χ3n) is 5.20. The van der Waals surface area contributed by atoms with Crippen molar-refractivity contribution in [1.29, 1.82) is 0 Å². The van der Waals surface area contributed by atoms with Crippen LogP contribution >= 0.6 is 0 Å². The van der Waals surface area contributed by atoms with Gasteiger partial charge >= 0.3 is 0 Å². The Bertz CT molecular complexity index is 883. The van der Waals surface area contributed by atoms with Gasteiger partial charge in [0.15, 0.2) is 5.82 Å². The molecule has 1 N–H and O–H groups in total. The lowest BCUT2D eigenvalue weighted by Crippen LogP contribution is -2.41. The normalized spacial score (nSPS) is 15.3. The molecule has 0 saturated heterocycles. The third kappa shape index (κ3) is 3.03. The Morgan fingerprint density at radius 1 is 1.12 bits per heavy atom. The second-order valence-electron chi connectivity index (χ2n) is 6.87. The molecule has 0 atom stereocenters. The van der Waals surface area contributed by atoms with E-state index in [0.717, 1.165) is 36.6 Å². The lowest BCUT2D eigenvalue weighted by Gasteiger charge is -2.43. The maximum Gasteiger partial charge on any atom is 0.175 e. The van der Waals surface area contributed by atoms with Gasteiger partial charge in [-0.3, -0.25) is 0 Å². The number of nitrogens with zero attached hydrogens (tertiary/aromatic N) is 4. The average Bonchev–Trinajstić information content (AvgIpc) is 3.08. The van der Waals surface area contributed by atoms with E-state index in [4.69, 9.17) is 4.74 Å². The molecule has 2 heterocycles. The molecule has 1 aliphatic rings. The monoisotopic (exact) mass is 349 g/mol. The molecule has 2 aromatic heterocycles. The summed E-state index contributed by atoms with van der Waals surface area (Å²) in [6.07, 6.45) is 5.43. The highest BCUT2D eigenvalue weighted by molar-refractivity contribution is 5.44. The summed E-state index contributed by atoms with van der Waals surface area (Å²) < 4.78 is 7.31. The summed E-state index contributed by atoms with van der Waals surface area (Å²) in [4.78, 5) is 0. The summed E-state index contributed by atoms with van der Waals surface area (Å²) in [6.45, 7) is 2.78. The predicted octanol–water partition coefficient (Wildman–Crippen LogP) is 3.51. The molecule has 26 heavy (non-hydrogen) atoms. The van der Waals surface area contributed by atoms with Gasteiger partial charge in [0.1, 0.15) is 11.6 Å². The number of para-hydroxylation sites is 1. The molecule has 3 aromatic rings. The minimum absolute atomic E-state index is 0.103. The van der Waals surface area contributed by atoms with E-state index in [1.165, 1.54) is 12.0 Å². The van der Waals surface area contributed by atoms with Crippen molar-refractivity contribution in [3.8, 4) is 11.6 Å². The zero-order valence-corrected chi connectivity index (χ0v) is 15.1. The van der Waals surface area contributed by atoms with E-state index < -0.39 is 0 Å². The van der Waals surface area contributed by atoms with Gasteiger partial charge in [-0.2, -0.15) is 5.10 Å². The van der Waals surface area contributed by atoms with E-state index in [0.29, 0.717) is 5.82 Å². The molecule has 0 unspecified atom stereocenters. The van der Waals surface area contributed by atoms with Crippen molar-refractivity contribution in [2.75, 3.05) is 19.0 Å². The van der Waals surface area contributed by atoms with Crippen molar-refractivity contribution in [3.63, 3.8) is 0 Å². The molecule has 0 amide bonds. The highest BCUT2D eigenvalue weighted by Gasteiger charge is 2.40. The van der Waals surface area contributed by atoms with E-state index >= 15 is 0 Å². The first-order valence-corrected chi connectivity index (χ1v) is 8.94. The first-order valence-electron chi connectivity index (χ1n) is 8.94. The lowest BCUT2D eigenvalue weighted by molar-refractivity contribution is 0.250. The van der Waals surface area contributed by atoms with Crippen molar-refractivity contribution in [2.24, 2.45) is 0 Å². The zero-order chi connectivity index (χ0) is 18.0. The average molecular weight is 349 g/mol. The van der Waals surface area contributed by atoms with Gasteiger partial charge in [-0.25, -0.2) is 4.68 Å². The molecule has 6 nitrogen and oxygen atoms in total. The van der Waals surface area contributed by atoms with Crippen molar-refractivity contribution in [3.05, 3.63) is 59.9 Å². The van der Waals surface area contributed by atoms with Crippen LogP contribution < -0.4 is 10.1 Å². The van der Waals surface area contributed by atoms with Gasteiger partial charge in [0.2, 0.25) is 0 Å². The smallest absolute Gasteiger partial charge is 0.175 e. The number of rotatable bonds is 6. The fourth-order valence-corrected chi connectivity index (χ4v) is 3.57. The topological polar surface area (TPSA) is 64.9 Å². The molecule has 134 valence electrons. The summed E-state index contributed by atoms with van der Waals surface area (Å²) in [5.74, 6) is 2.45. The summed E-state index contributed by atoms with van der Waals surface area (Å²) >= 11 is 0. The van der Waals surface area contributed by atoms with E-state index in [1.807, 2.05) is 43.5 Å². The molecule has 1 fully saturated rings. The molecule has 6 heteroatoms. The number of anilines is 1. The Balaban J connectivity index is 1.49. The van der Waals surface area contributed by atoms with Gasteiger partial charge in [0.25, 0.3) is 0 Å². The second-order valence-corrected chi connectivity index (χ2v) is 6.87. The van der Waals surface area contributed by atoms with Gasteiger partial charge in [-0.15, -0.1) is 10.2 Å². The van der Waals surface area contributed by atoms with Crippen LogP contribution in [0.4, 0.5) is 5.82 Å². The molecule has 0 aliphatic heterocycles. The largest absolute Gasteiger partial charge is 0.496 e. The molecule has 0 spiro atoms. The Labute approximate surface area is 153 Å². The fourth-order valence-electron chi connectivity index (χ4n) is 3.57. The van der Waals surface area contributed by atoms with Crippen LogP contribution in [0.15, 0.2) is 48.7 Å². The second kappa shape index (κ2) is 6.78. The molecular weight excluding hydrogens is 326 g/mol. The summed E-state index contributed by atoms with van der Waals surface area (Å²) in [5.41, 5.74) is 2.34. The SMILES string of the molecule is COc1ccccc1C1(CNc2ccc(-n3ccc(C)n3)nn2)CCC1. The van der Waals surface area contributed by atoms with Crippen LogP contribution in [0.2, 0.25) is 0 Å². The van der Waals surface area contributed by atoms with Gasteiger partial charge in [-0.1, -0.05) is 24.6 Å². The van der Waals surface area contributed by atoms with E-state index in [2.05, 4.69) is 32.7 Å². The maximum atomic E-state index is 5.58. The molecule has 1 aliphatic carbocycles. The van der Waals surface area contributed by atoms with Crippen LogP contribution in [0.25, 0.3) is 5.82 Å². The number of aromatic nitrogens is 4. The highest BCUT2D eigenvalue weighted by atomic mass is 16.5. The summed E-state index contributed by atoms with van der Waals surface area (Å²) in [7, 11) is 1.74. The molecule has 0 radical (unpaired) electrons. The predicted molar refractivity (Wildman–Crippen MR) is 101 cm³/mol. The molecule has 4 rings (SSSR count). The summed E-state index contributed by atoms with van der Waals surface area (Å²) in [5, 5.41) is 16.4. The van der Waals surface area contributed by atoms with Crippen molar-refractivity contribution in [1.82, 2.24) is 20.0 Å². The third-order valence-corrected chi connectivity index (χ3v) is 5.20. The van der Waals surface area contributed by atoms with Crippen molar-refractivity contribution in [2.45, 2.75) is 31.6 Å². The zero-order valence-electron chi connectivity index (χ0n) is 15.1. The van der Waals surface area contributed by atoms with Crippen molar-refractivity contribution >= 4 is 5.82 Å². The lowest BCUT2D eigenvalue weighted by atomic mass is 9.64. The number of benzene rings is 1. The minimum atomic E-state index is 0.103. The van der Waals surface area contributed by atoms with Crippen LogP contribution in [0, 0.1) is 6.92 Å². The molecule has 1 aromatic carbocycles. The van der Waals surface area contributed by atoms with E-state index in [-0.39, 0.29) is 5.41 Å². The number of hydrogen-bond acceptors (Lipinski definition) is 5. The van der Waals surface area contributed by atoms with Crippen LogP contribution in [0.5, 0.6) is 5.75 Å². The van der Waals surface area contributed by atoms with Gasteiger partial charge in [-0.05, 0) is 44.0 Å². The van der Waals surface area contributed by atoms with Crippen LogP contribution in [-0.2, 0) is 5.41 Å². The van der Waals surface area contributed by atoms with Crippen LogP contribution in [0.1, 0.15) is 30.5 Å². The fraction of sp³-hybridized carbons (Fsp3) is 0.350. The van der Waals surface area contributed by atoms with E-state index in [1.54, 1.807) is 11.8 Å². The number of ether oxygens (including phenoxy) is 1. The molecule has 1 saturated carbocycles. The van der Waals surface area contributed by atoms with Gasteiger partial charge in [0, 0.05) is 23.7 Å². The van der Waals surface area contributed by atoms with Gasteiger partial charge < -0.3 is 10.1 Å². The Morgan fingerprint density at radius 3 is 2.58 bits per heavy atom. The first kappa shape index (κ1) is 16.6. The van der Waals surface area contributed by atoms with E-state index in [9.17, 15) is 0 Å². The number of aryl methyl sites for hydroxylation is 1. The Kier molecular flexibility index (Phi) is 4.32. The quantitative estimate of drug-likeness (QED) is 0.738. The number of methoxy groups -OCH3 is 1. The minimum Gasteiger partial charge on any atom is -0.496 e. The number of hydrogen-bond donors (Lipinski definition) is 1. The standard InChI is InChI=1S/C20H23N5O/c1-15-10-13-25(24-15)19-9-8-18(22-23-19)21-14-20(11-5-12-20)16-6-3-4-7-17(16)26-2/h3-4,6-10,13H,5,11-12,14H2,1-2H3,(H,21,22). The van der Waals surface area contributed by atoms with Gasteiger partial charge in [0.05, 0.1) is 12.8 Å².